The van der Waals surface area contributed by atoms with Crippen molar-refractivity contribution in [2.45, 2.75) is 32.3 Å². The van der Waals surface area contributed by atoms with Crippen LogP contribution in [0.2, 0.25) is 0 Å². The van der Waals surface area contributed by atoms with E-state index in [-0.39, 0.29) is 36.8 Å². The fraction of sp³-hybridized carbons (Fsp3) is 0.636. The molecule has 1 fully saturated rings. The molecule has 0 aliphatic carbocycles. The molecule has 4 nitrogen and oxygen atoms in total. The summed E-state index contributed by atoms with van der Waals surface area (Å²) in [6.45, 7) is 5.55. The van der Waals surface area contributed by atoms with Gasteiger partial charge in [-0.15, -0.1) is 6.58 Å². The van der Waals surface area contributed by atoms with Gasteiger partial charge in [0.1, 0.15) is 6.10 Å². The van der Waals surface area contributed by atoms with Gasteiger partial charge >= 0.3 is 11.9 Å². The van der Waals surface area contributed by atoms with Crippen LogP contribution in [-0.4, -0.2) is 23.1 Å². The van der Waals surface area contributed by atoms with E-state index in [1.54, 1.807) is 6.08 Å². The Kier molecular flexibility index (Phi) is 3.88. The monoisotopic (exact) mass is 212 g/mol. The van der Waals surface area contributed by atoms with Gasteiger partial charge in [0.25, 0.3) is 0 Å². The molecule has 0 spiro atoms. The van der Waals surface area contributed by atoms with Crippen molar-refractivity contribution in [3.8, 4) is 0 Å². The second kappa shape index (κ2) is 4.96. The number of carboxylic acid groups (broad SMARTS) is 1. The Morgan fingerprint density at radius 2 is 2.47 bits per heavy atom. The van der Waals surface area contributed by atoms with Crippen LogP contribution in [0.5, 0.6) is 0 Å². The number of ether oxygens (including phenoxy) is 1. The molecule has 84 valence electrons. The maximum Gasteiger partial charge on any atom is 0.306 e. The molecule has 0 unspecified atom stereocenters. The zero-order valence-electron chi connectivity index (χ0n) is 8.81. The molecular formula is C11H16O4. The average molecular weight is 212 g/mol. The van der Waals surface area contributed by atoms with Gasteiger partial charge in [-0.1, -0.05) is 13.0 Å². The summed E-state index contributed by atoms with van der Waals surface area (Å²) in [5.41, 5.74) is 0. The van der Waals surface area contributed by atoms with Crippen molar-refractivity contribution >= 4 is 11.9 Å². The third kappa shape index (κ3) is 3.38. The molecule has 3 atom stereocenters. The normalized spacial score (nSPS) is 27.9. The van der Waals surface area contributed by atoms with E-state index in [1.165, 1.54) is 0 Å². The fourth-order valence-corrected chi connectivity index (χ4v) is 1.79. The quantitative estimate of drug-likeness (QED) is 0.568. The number of hydrogen-bond acceptors (Lipinski definition) is 3. The van der Waals surface area contributed by atoms with Crippen molar-refractivity contribution in [3.63, 3.8) is 0 Å². The Morgan fingerprint density at radius 3 is 3.00 bits per heavy atom. The van der Waals surface area contributed by atoms with Crippen LogP contribution in [0.15, 0.2) is 12.7 Å². The lowest BCUT2D eigenvalue weighted by Crippen LogP contribution is -2.34. The summed E-state index contributed by atoms with van der Waals surface area (Å²) in [7, 11) is 0. The summed E-state index contributed by atoms with van der Waals surface area (Å²) in [6.07, 6.45) is 2.38. The van der Waals surface area contributed by atoms with Crippen LogP contribution in [-0.2, 0) is 14.3 Å². The lowest BCUT2D eigenvalue weighted by Gasteiger charge is -2.30. The molecule has 1 aliphatic heterocycles. The number of esters is 1. The highest BCUT2D eigenvalue weighted by atomic mass is 16.5. The van der Waals surface area contributed by atoms with Crippen LogP contribution in [0.3, 0.4) is 0 Å². The molecule has 1 aliphatic rings. The summed E-state index contributed by atoms with van der Waals surface area (Å²) in [5.74, 6) is -1.19. The van der Waals surface area contributed by atoms with Crippen LogP contribution in [0, 0.1) is 11.8 Å². The minimum Gasteiger partial charge on any atom is -0.481 e. The zero-order valence-corrected chi connectivity index (χ0v) is 8.81. The van der Waals surface area contributed by atoms with Crippen LogP contribution in [0.4, 0.5) is 0 Å². The average Bonchev–Trinajstić information content (AvgIpc) is 2.14. The SMILES string of the molecule is C=C[C@@H](C)[C@H]1C[C@@H](CC(=O)O)CC(=O)O1. The van der Waals surface area contributed by atoms with E-state index in [2.05, 4.69) is 6.58 Å². The molecule has 4 heteroatoms. The molecule has 0 amide bonds. The lowest BCUT2D eigenvalue weighted by molar-refractivity contribution is -0.160. The van der Waals surface area contributed by atoms with Gasteiger partial charge in [-0.2, -0.15) is 0 Å². The number of carbonyl (C=O) groups is 2. The maximum atomic E-state index is 11.2. The van der Waals surface area contributed by atoms with Crippen LogP contribution < -0.4 is 0 Å². The molecule has 15 heavy (non-hydrogen) atoms. The first kappa shape index (κ1) is 11.8. The molecule has 0 bridgehead atoms. The molecule has 0 aromatic heterocycles. The van der Waals surface area contributed by atoms with E-state index in [9.17, 15) is 9.59 Å². The second-order valence-corrected chi connectivity index (χ2v) is 4.03. The number of cyclic esters (lactones) is 1. The Balaban J connectivity index is 2.59. The van der Waals surface area contributed by atoms with Crippen molar-refractivity contribution in [2.24, 2.45) is 11.8 Å². The molecule has 1 saturated heterocycles. The van der Waals surface area contributed by atoms with Gasteiger partial charge in [0.2, 0.25) is 0 Å². The van der Waals surface area contributed by atoms with Gasteiger partial charge < -0.3 is 9.84 Å². The van der Waals surface area contributed by atoms with Crippen LogP contribution >= 0.6 is 0 Å². The Hall–Kier alpha value is -1.32. The van der Waals surface area contributed by atoms with Gasteiger partial charge in [-0.3, -0.25) is 9.59 Å². The molecule has 0 aromatic carbocycles. The van der Waals surface area contributed by atoms with E-state index in [1.807, 2.05) is 6.92 Å². The Bertz CT molecular complexity index is 270. The van der Waals surface area contributed by atoms with Crippen molar-refractivity contribution in [3.05, 3.63) is 12.7 Å². The van der Waals surface area contributed by atoms with Crippen molar-refractivity contribution in [1.29, 1.82) is 0 Å². The predicted octanol–water partition coefficient (Wildman–Crippen LogP) is 1.60. The van der Waals surface area contributed by atoms with Gasteiger partial charge in [-0.05, 0) is 12.3 Å². The summed E-state index contributed by atoms with van der Waals surface area (Å²) < 4.78 is 5.15. The summed E-state index contributed by atoms with van der Waals surface area (Å²) in [5, 5.41) is 8.66. The van der Waals surface area contributed by atoms with Gasteiger partial charge in [0, 0.05) is 18.8 Å². The molecular weight excluding hydrogens is 196 g/mol. The molecule has 1 N–H and O–H groups in total. The number of aliphatic carboxylic acids is 1. The number of carbonyl (C=O) groups excluding carboxylic acids is 1. The largest absolute Gasteiger partial charge is 0.481 e. The number of rotatable bonds is 4. The van der Waals surface area contributed by atoms with Crippen molar-refractivity contribution < 1.29 is 19.4 Å². The first-order chi connectivity index (χ1) is 7.02. The minimum atomic E-state index is -0.861. The third-order valence-electron chi connectivity index (χ3n) is 2.73. The van der Waals surface area contributed by atoms with Gasteiger partial charge in [0.15, 0.2) is 0 Å². The minimum absolute atomic E-state index is 0.0372. The molecule has 0 aromatic rings. The molecule has 0 saturated carbocycles. The fourth-order valence-electron chi connectivity index (χ4n) is 1.79. The third-order valence-corrected chi connectivity index (χ3v) is 2.73. The highest BCUT2D eigenvalue weighted by Gasteiger charge is 2.31. The topological polar surface area (TPSA) is 63.6 Å². The molecule has 0 radical (unpaired) electrons. The van der Waals surface area contributed by atoms with E-state index < -0.39 is 5.97 Å². The zero-order chi connectivity index (χ0) is 11.4. The van der Waals surface area contributed by atoms with E-state index >= 15 is 0 Å². The molecule has 1 rings (SSSR count). The number of hydrogen-bond donors (Lipinski definition) is 1. The van der Waals surface area contributed by atoms with E-state index in [0.29, 0.717) is 6.42 Å². The first-order valence-corrected chi connectivity index (χ1v) is 5.06. The molecule has 1 heterocycles. The van der Waals surface area contributed by atoms with Crippen LogP contribution in [0.25, 0.3) is 0 Å². The second-order valence-electron chi connectivity index (χ2n) is 4.03. The number of carboxylic acids is 1. The standard InChI is InChI=1S/C11H16O4/c1-3-7(2)9-4-8(5-10(12)13)6-11(14)15-9/h3,7-9H,1,4-6H2,2H3,(H,12,13)/t7-,8+,9-/m1/s1. The highest BCUT2D eigenvalue weighted by Crippen LogP contribution is 2.28. The summed E-state index contributed by atoms with van der Waals surface area (Å²) in [6, 6.07) is 0. The van der Waals surface area contributed by atoms with E-state index in [4.69, 9.17) is 9.84 Å². The van der Waals surface area contributed by atoms with Gasteiger partial charge in [0.05, 0.1) is 0 Å². The Morgan fingerprint density at radius 1 is 1.80 bits per heavy atom. The predicted molar refractivity (Wildman–Crippen MR) is 54.2 cm³/mol. The van der Waals surface area contributed by atoms with Crippen LogP contribution in [0.1, 0.15) is 26.2 Å². The van der Waals surface area contributed by atoms with E-state index in [0.717, 1.165) is 0 Å². The summed E-state index contributed by atoms with van der Waals surface area (Å²) in [4.78, 5) is 21.8. The van der Waals surface area contributed by atoms with Gasteiger partial charge in [-0.25, -0.2) is 0 Å². The van der Waals surface area contributed by atoms with Crippen molar-refractivity contribution in [2.75, 3.05) is 0 Å². The smallest absolute Gasteiger partial charge is 0.306 e. The maximum absolute atomic E-state index is 11.2. The summed E-state index contributed by atoms with van der Waals surface area (Å²) >= 11 is 0. The lowest BCUT2D eigenvalue weighted by atomic mass is 9.87. The van der Waals surface area contributed by atoms with Crippen molar-refractivity contribution in [1.82, 2.24) is 0 Å². The highest BCUT2D eigenvalue weighted by molar-refractivity contribution is 5.73. The Labute approximate surface area is 88.9 Å². The first-order valence-electron chi connectivity index (χ1n) is 5.06.